The number of carbonyl (C=O) groups excluding carboxylic acids is 1. The molecule has 114 valence electrons. The molecule has 0 saturated carbocycles. The summed E-state index contributed by atoms with van der Waals surface area (Å²) in [5, 5.41) is 0. The molecule has 0 spiro atoms. The van der Waals surface area contributed by atoms with Crippen LogP contribution in [0.2, 0.25) is 8.67 Å². The van der Waals surface area contributed by atoms with E-state index < -0.39 is 0 Å². The van der Waals surface area contributed by atoms with Gasteiger partial charge in [0.05, 0.1) is 20.1 Å². The minimum Gasteiger partial charge on any atom is -0.319 e. The molecular weight excluding hydrogens is 359 g/mol. The van der Waals surface area contributed by atoms with Crippen molar-refractivity contribution in [3.63, 3.8) is 0 Å². The predicted molar refractivity (Wildman–Crippen MR) is 94.5 cm³/mol. The Hall–Kier alpha value is -1.14. The molecule has 0 unspecified atom stereocenters. The highest BCUT2D eigenvalue weighted by Crippen LogP contribution is 2.31. The molecule has 0 N–H and O–H groups in total. The van der Waals surface area contributed by atoms with Gasteiger partial charge in [-0.15, -0.1) is 11.3 Å². The maximum absolute atomic E-state index is 12.3. The minimum atomic E-state index is -0.372. The van der Waals surface area contributed by atoms with Gasteiger partial charge in [0, 0.05) is 7.05 Å². The molecule has 0 saturated heterocycles. The van der Waals surface area contributed by atoms with Crippen LogP contribution in [-0.4, -0.2) is 10.5 Å². The summed E-state index contributed by atoms with van der Waals surface area (Å²) in [6, 6.07) is 5.79. The maximum Gasteiger partial charge on any atom is 0.282 e. The van der Waals surface area contributed by atoms with E-state index >= 15 is 0 Å². The van der Waals surface area contributed by atoms with Crippen molar-refractivity contribution in [1.82, 2.24) is 4.57 Å². The second-order valence-corrected chi connectivity index (χ2v) is 8.30. The standard InChI is InChI=1S/C15H12Cl2N2OS2/c1-7-4-10-11(5-8(7)2)21-15(19(10)3)18-14(20)9-6-12(16)22-13(9)17/h4-6H,1-3H3. The topological polar surface area (TPSA) is 34.4 Å². The Kier molecular flexibility index (Phi) is 4.16. The van der Waals surface area contributed by atoms with E-state index in [-0.39, 0.29) is 5.91 Å². The highest BCUT2D eigenvalue weighted by atomic mass is 35.5. The molecule has 0 aliphatic heterocycles. The van der Waals surface area contributed by atoms with Gasteiger partial charge in [-0.1, -0.05) is 34.5 Å². The molecule has 0 aliphatic carbocycles. The van der Waals surface area contributed by atoms with Gasteiger partial charge in [-0.3, -0.25) is 4.79 Å². The number of hydrogen-bond donors (Lipinski definition) is 0. The fraction of sp³-hybridized carbons (Fsp3) is 0.200. The van der Waals surface area contributed by atoms with Gasteiger partial charge in [0.25, 0.3) is 5.91 Å². The van der Waals surface area contributed by atoms with Gasteiger partial charge in [-0.25, -0.2) is 0 Å². The van der Waals surface area contributed by atoms with Crippen molar-refractivity contribution in [3.05, 3.63) is 48.4 Å². The zero-order valence-electron chi connectivity index (χ0n) is 12.1. The zero-order valence-corrected chi connectivity index (χ0v) is 15.3. The third kappa shape index (κ3) is 2.74. The van der Waals surface area contributed by atoms with Gasteiger partial charge in [-0.2, -0.15) is 4.99 Å². The number of amides is 1. The number of aryl methyl sites for hydroxylation is 3. The first-order valence-electron chi connectivity index (χ1n) is 6.47. The Morgan fingerprint density at radius 3 is 2.45 bits per heavy atom. The third-order valence-electron chi connectivity index (χ3n) is 3.51. The van der Waals surface area contributed by atoms with Crippen LogP contribution in [0.25, 0.3) is 10.2 Å². The van der Waals surface area contributed by atoms with Gasteiger partial charge in [-0.05, 0) is 43.2 Å². The Morgan fingerprint density at radius 1 is 1.14 bits per heavy atom. The van der Waals surface area contributed by atoms with Crippen LogP contribution in [0.3, 0.4) is 0 Å². The maximum atomic E-state index is 12.3. The lowest BCUT2D eigenvalue weighted by Crippen LogP contribution is -2.13. The van der Waals surface area contributed by atoms with Crippen LogP contribution < -0.4 is 4.80 Å². The highest BCUT2D eigenvalue weighted by molar-refractivity contribution is 7.20. The van der Waals surface area contributed by atoms with Crippen LogP contribution in [0.1, 0.15) is 21.5 Å². The molecule has 0 fully saturated rings. The molecule has 0 radical (unpaired) electrons. The minimum absolute atomic E-state index is 0.349. The molecule has 0 bridgehead atoms. The van der Waals surface area contributed by atoms with Crippen LogP contribution in [0.15, 0.2) is 23.2 Å². The second-order valence-electron chi connectivity index (χ2n) is 5.00. The molecule has 3 aromatic rings. The monoisotopic (exact) mass is 370 g/mol. The van der Waals surface area contributed by atoms with Gasteiger partial charge >= 0.3 is 0 Å². The van der Waals surface area contributed by atoms with Crippen molar-refractivity contribution < 1.29 is 4.79 Å². The molecule has 1 aromatic carbocycles. The molecule has 22 heavy (non-hydrogen) atoms. The first kappa shape index (κ1) is 15.7. The SMILES string of the molecule is Cc1cc2sc(=NC(=O)c3cc(Cl)sc3Cl)n(C)c2cc1C. The molecule has 0 aliphatic rings. The number of nitrogens with zero attached hydrogens (tertiary/aromatic N) is 2. The summed E-state index contributed by atoms with van der Waals surface area (Å²) in [5.74, 6) is -0.372. The van der Waals surface area contributed by atoms with E-state index in [4.69, 9.17) is 23.2 Å². The Morgan fingerprint density at radius 2 is 1.82 bits per heavy atom. The van der Waals surface area contributed by atoms with Crippen molar-refractivity contribution in [1.29, 1.82) is 0 Å². The number of halogens is 2. The van der Waals surface area contributed by atoms with E-state index in [9.17, 15) is 4.79 Å². The number of aromatic nitrogens is 1. The summed E-state index contributed by atoms with van der Waals surface area (Å²) < 4.78 is 3.88. The van der Waals surface area contributed by atoms with Crippen LogP contribution in [-0.2, 0) is 7.05 Å². The normalized spacial score (nSPS) is 12.3. The quantitative estimate of drug-likeness (QED) is 0.595. The average Bonchev–Trinajstić information content (AvgIpc) is 2.92. The molecule has 2 heterocycles. The van der Waals surface area contributed by atoms with Gasteiger partial charge in [0.1, 0.15) is 4.34 Å². The van der Waals surface area contributed by atoms with Crippen LogP contribution in [0.4, 0.5) is 0 Å². The number of rotatable bonds is 1. The van der Waals surface area contributed by atoms with E-state index in [1.807, 2.05) is 11.6 Å². The Bertz CT molecular complexity index is 966. The fourth-order valence-electron chi connectivity index (χ4n) is 2.12. The summed E-state index contributed by atoms with van der Waals surface area (Å²) >= 11 is 14.5. The molecule has 2 aromatic heterocycles. The number of thiazole rings is 1. The van der Waals surface area contributed by atoms with Crippen molar-refractivity contribution in [2.75, 3.05) is 0 Å². The zero-order chi connectivity index (χ0) is 16.0. The van der Waals surface area contributed by atoms with Gasteiger partial charge < -0.3 is 4.57 Å². The van der Waals surface area contributed by atoms with E-state index in [1.54, 1.807) is 6.07 Å². The average molecular weight is 371 g/mol. The second kappa shape index (κ2) is 5.81. The fourth-order valence-corrected chi connectivity index (χ4v) is 4.66. The number of carbonyl (C=O) groups is 1. The molecular formula is C15H12Cl2N2OS2. The summed E-state index contributed by atoms with van der Waals surface area (Å²) in [6.07, 6.45) is 0. The summed E-state index contributed by atoms with van der Waals surface area (Å²) in [5.41, 5.74) is 3.85. The number of thiophene rings is 1. The molecule has 7 heteroatoms. The first-order valence-corrected chi connectivity index (χ1v) is 8.86. The Balaban J connectivity index is 2.15. The molecule has 3 nitrogen and oxygen atoms in total. The van der Waals surface area contributed by atoms with Crippen molar-refractivity contribution >= 4 is 62.0 Å². The van der Waals surface area contributed by atoms with E-state index in [2.05, 4.69) is 31.0 Å². The van der Waals surface area contributed by atoms with Crippen molar-refractivity contribution in [2.24, 2.45) is 12.0 Å². The van der Waals surface area contributed by atoms with Crippen molar-refractivity contribution in [2.45, 2.75) is 13.8 Å². The predicted octanol–water partition coefficient (Wildman–Crippen LogP) is 4.97. The van der Waals surface area contributed by atoms with E-state index in [0.29, 0.717) is 19.0 Å². The third-order valence-corrected chi connectivity index (χ3v) is 6.09. The number of fused-ring (bicyclic) bond motifs is 1. The molecule has 1 amide bonds. The lowest BCUT2D eigenvalue weighted by Gasteiger charge is -2.00. The van der Waals surface area contributed by atoms with Crippen LogP contribution >= 0.6 is 45.9 Å². The van der Waals surface area contributed by atoms with Gasteiger partial charge in [0.2, 0.25) is 0 Å². The van der Waals surface area contributed by atoms with Crippen LogP contribution in [0, 0.1) is 13.8 Å². The largest absolute Gasteiger partial charge is 0.319 e. The van der Waals surface area contributed by atoms with E-state index in [0.717, 1.165) is 10.2 Å². The number of benzene rings is 1. The first-order chi connectivity index (χ1) is 10.4. The smallest absolute Gasteiger partial charge is 0.282 e. The molecule has 0 atom stereocenters. The summed E-state index contributed by atoms with van der Waals surface area (Å²) in [6.45, 7) is 4.14. The Labute approximate surface area is 145 Å². The van der Waals surface area contributed by atoms with Crippen LogP contribution in [0.5, 0.6) is 0 Å². The van der Waals surface area contributed by atoms with Gasteiger partial charge in [0.15, 0.2) is 4.80 Å². The highest BCUT2D eigenvalue weighted by Gasteiger charge is 2.14. The summed E-state index contributed by atoms with van der Waals surface area (Å²) in [7, 11) is 1.90. The van der Waals surface area contributed by atoms with E-state index in [1.165, 1.54) is 33.8 Å². The number of hydrogen-bond acceptors (Lipinski definition) is 3. The molecule has 3 rings (SSSR count). The lowest BCUT2D eigenvalue weighted by atomic mass is 10.1. The van der Waals surface area contributed by atoms with Crippen molar-refractivity contribution in [3.8, 4) is 0 Å². The lowest BCUT2D eigenvalue weighted by molar-refractivity contribution is 0.0998. The summed E-state index contributed by atoms with van der Waals surface area (Å²) in [4.78, 5) is 17.1.